The van der Waals surface area contributed by atoms with Crippen molar-refractivity contribution in [1.29, 1.82) is 0 Å². The van der Waals surface area contributed by atoms with E-state index in [0.717, 1.165) is 5.56 Å². The number of aliphatic hydroxyl groups is 1. The van der Waals surface area contributed by atoms with E-state index in [0.29, 0.717) is 32.1 Å². The lowest BCUT2D eigenvalue weighted by atomic mass is 9.82. The van der Waals surface area contributed by atoms with Crippen LogP contribution in [-0.2, 0) is 116 Å². The smallest absolute Gasteiger partial charge is 0.303 e. The first-order valence-corrected chi connectivity index (χ1v) is 37.7. The van der Waals surface area contributed by atoms with Crippen LogP contribution in [0.3, 0.4) is 0 Å². The normalized spacial score (nSPS) is 43.2. The summed E-state index contributed by atoms with van der Waals surface area (Å²) in [7, 11) is 0. The average molecular weight is 1450 g/mol. The standard InChI is InChI=1S/C75H121N3O24/c1-21-52-36(6)39(9)63(88-47(17)79)71(92-52)86-34-57-46(16)62(101-73-64(89-48(18)80)40(10)37(7)53(22-2)93-73)67(85-33-51-29-27-26-28-30-51)72(97-57)87-35-58-59(83)66(102-74-65(90-49(19)81)41(11)38(8)54(23-3)94-74)68(91-50(20)82)75(98-58)100-61-43(13)45(15)70(96-56(61)25-5)99-60-42(12)44(14)69(95-55(60)24-4)84-32-31-77-78-76/h26-30,36-46,52-75,83H,21-25,31-35H2,1-20H3/t36-,37-,38-,39-,40?,41?,42+,43+,44?,45?,46+,52?,53-,54-,55?,56?,57?,58?,59+,60-,61-,62-,63?,64?,65?,66-,67?,68?,69+,70-,71-,72-,73+,74+,75-/m0/s1. The summed E-state index contributed by atoms with van der Waals surface area (Å²) in [4.78, 5) is 55.3. The molecule has 8 rings (SSSR count). The maximum Gasteiger partial charge on any atom is 0.303 e. The van der Waals surface area contributed by atoms with Crippen molar-refractivity contribution in [3.63, 3.8) is 0 Å². The summed E-state index contributed by atoms with van der Waals surface area (Å²) in [6.45, 7) is 37.4. The van der Waals surface area contributed by atoms with Crippen LogP contribution < -0.4 is 0 Å². The van der Waals surface area contributed by atoms with Crippen LogP contribution in [0.2, 0.25) is 0 Å². The average Bonchev–Trinajstić information content (AvgIpc) is 0.773. The lowest BCUT2D eigenvalue weighted by molar-refractivity contribution is -0.383. The Kier molecular flexibility index (Phi) is 31.5. The van der Waals surface area contributed by atoms with Gasteiger partial charge in [0, 0.05) is 74.7 Å². The molecule has 35 atom stereocenters. The monoisotopic (exact) mass is 1450 g/mol. The number of azide groups is 1. The summed E-state index contributed by atoms with van der Waals surface area (Å²) in [5.41, 5.74) is 9.67. The molecule has 27 nitrogen and oxygen atoms in total. The van der Waals surface area contributed by atoms with Crippen molar-refractivity contribution in [3.05, 3.63) is 46.3 Å². The van der Waals surface area contributed by atoms with E-state index in [-0.39, 0.29) is 110 Å². The summed E-state index contributed by atoms with van der Waals surface area (Å²) in [6, 6.07) is 9.55. The Labute approximate surface area is 603 Å². The molecule has 1 aromatic rings. The SMILES string of the molecule is CCC1O[C@H](OCC2O[C@H](OCC3O[C@@H](O[C@@H]4C(CC)O[C@@H](O[C@@H]5C(CC)O[C@@H](OCCN=[N+]=[N-])C(C)[C@H]5C)C(C)[C@H]4C)C(OC(C)=O)[C@@H](O[C@H]4O[C@@H](CC)[C@@H](C)C(C)C4OC(C)=O)[C@@H]3O)C(OCc3ccccc3)[C@@H](O[C@H]3O[C@@H](CC)[C@@H](C)C(C)C3OC(C)=O)[C@@H]2C)C(OC(C)=O)[C@@H](C)[C@@H]1C. The Morgan fingerprint density at radius 1 is 0.382 bits per heavy atom. The summed E-state index contributed by atoms with van der Waals surface area (Å²) in [5, 5.41) is 16.8. The molecule has 0 saturated carbocycles. The van der Waals surface area contributed by atoms with Gasteiger partial charge in [0.2, 0.25) is 0 Å². The van der Waals surface area contributed by atoms with E-state index in [2.05, 4.69) is 30.8 Å². The number of rotatable bonds is 30. The molecule has 7 aliphatic rings. The second-order valence-corrected chi connectivity index (χ2v) is 29.7. The highest BCUT2D eigenvalue weighted by Gasteiger charge is 2.58. The van der Waals surface area contributed by atoms with E-state index in [1.807, 2.05) is 120 Å². The van der Waals surface area contributed by atoms with Gasteiger partial charge in [0.15, 0.2) is 68.4 Å². The highest BCUT2D eigenvalue weighted by molar-refractivity contribution is 5.67. The molecule has 0 spiro atoms. The second-order valence-electron chi connectivity index (χ2n) is 29.7. The number of benzene rings is 1. The van der Waals surface area contributed by atoms with Gasteiger partial charge in [0.25, 0.3) is 0 Å². The maximum atomic E-state index is 13.6. The Morgan fingerprint density at radius 2 is 0.745 bits per heavy atom. The minimum atomic E-state index is -1.70. The van der Waals surface area contributed by atoms with Gasteiger partial charge in [-0.25, -0.2) is 0 Å². The Balaban J connectivity index is 1.17. The van der Waals surface area contributed by atoms with Crippen LogP contribution in [0.15, 0.2) is 35.4 Å². The number of nitrogens with zero attached hydrogens (tertiary/aromatic N) is 3. The number of ether oxygens (including phenoxy) is 19. The number of esters is 4. The van der Waals surface area contributed by atoms with Gasteiger partial charge in [-0.1, -0.05) is 146 Å². The van der Waals surface area contributed by atoms with Gasteiger partial charge in [-0.3, -0.25) is 19.2 Å². The van der Waals surface area contributed by atoms with Gasteiger partial charge >= 0.3 is 23.9 Å². The van der Waals surface area contributed by atoms with Crippen molar-refractivity contribution >= 4 is 23.9 Å². The van der Waals surface area contributed by atoms with Crippen molar-refractivity contribution in [2.45, 2.75) is 325 Å². The molecule has 0 radical (unpaired) electrons. The van der Waals surface area contributed by atoms with Gasteiger partial charge in [0.05, 0.1) is 81.4 Å². The van der Waals surface area contributed by atoms with Crippen molar-refractivity contribution in [2.75, 3.05) is 26.4 Å². The molecule has 7 aliphatic heterocycles. The third-order valence-corrected chi connectivity index (χ3v) is 23.1. The van der Waals surface area contributed by atoms with Crippen LogP contribution in [0.25, 0.3) is 10.4 Å². The van der Waals surface area contributed by atoms with Gasteiger partial charge in [-0.15, -0.1) is 0 Å². The molecule has 0 aliphatic carbocycles. The molecular weight excluding hydrogens is 1330 g/mol. The molecule has 0 amide bonds. The highest BCUT2D eigenvalue weighted by Crippen LogP contribution is 2.45. The van der Waals surface area contributed by atoms with Gasteiger partial charge in [-0.05, 0) is 72.8 Å². The van der Waals surface area contributed by atoms with E-state index in [4.69, 9.17) is 95.5 Å². The largest absolute Gasteiger partial charge is 0.457 e. The van der Waals surface area contributed by atoms with E-state index >= 15 is 0 Å². The molecule has 0 bridgehead atoms. The number of hydrogen-bond acceptors (Lipinski definition) is 25. The zero-order chi connectivity index (χ0) is 74.5. The number of carbonyl (C=O) groups excluding carboxylic acids is 4. The van der Waals surface area contributed by atoms with Crippen LogP contribution in [0.4, 0.5) is 0 Å². The van der Waals surface area contributed by atoms with E-state index < -0.39 is 160 Å². The van der Waals surface area contributed by atoms with Crippen molar-refractivity contribution < 1.29 is 114 Å². The molecule has 102 heavy (non-hydrogen) atoms. The molecule has 7 fully saturated rings. The molecule has 27 heteroatoms. The van der Waals surface area contributed by atoms with E-state index in [1.165, 1.54) is 27.7 Å². The molecule has 580 valence electrons. The molecular formula is C75H121N3O24. The highest BCUT2D eigenvalue weighted by atomic mass is 16.8. The summed E-state index contributed by atoms with van der Waals surface area (Å²) < 4.78 is 127. The fourth-order valence-corrected chi connectivity index (χ4v) is 15.9. The molecule has 7 saturated heterocycles. The Bertz CT molecular complexity index is 2820. The van der Waals surface area contributed by atoms with Gasteiger partial charge in [-0.2, -0.15) is 0 Å². The maximum absolute atomic E-state index is 13.6. The fourth-order valence-electron chi connectivity index (χ4n) is 15.9. The minimum Gasteiger partial charge on any atom is -0.457 e. The first kappa shape index (κ1) is 83.4. The van der Waals surface area contributed by atoms with Crippen molar-refractivity contribution in [3.8, 4) is 0 Å². The predicted octanol–water partition coefficient (Wildman–Crippen LogP) is 10.7. The molecule has 7 heterocycles. The van der Waals surface area contributed by atoms with E-state index in [1.54, 1.807) is 0 Å². The summed E-state index contributed by atoms with van der Waals surface area (Å²) in [6.07, 6.45) is -19.2. The van der Waals surface area contributed by atoms with Crippen LogP contribution in [0.1, 0.15) is 176 Å². The van der Waals surface area contributed by atoms with Crippen molar-refractivity contribution in [2.24, 2.45) is 70.2 Å². The lowest BCUT2D eigenvalue weighted by Gasteiger charge is -2.52. The zero-order valence-corrected chi connectivity index (χ0v) is 63.8. The third kappa shape index (κ3) is 20.1. The van der Waals surface area contributed by atoms with Crippen LogP contribution >= 0.6 is 0 Å². The third-order valence-electron chi connectivity index (χ3n) is 23.1. The van der Waals surface area contributed by atoms with Crippen LogP contribution in [0.5, 0.6) is 0 Å². The van der Waals surface area contributed by atoms with E-state index in [9.17, 15) is 24.3 Å². The topological polar surface area (TPSA) is 313 Å². The minimum absolute atomic E-state index is 0.0222. The quantitative estimate of drug-likeness (QED) is 0.0187. The first-order chi connectivity index (χ1) is 48.6. The molecule has 0 aromatic heterocycles. The molecule has 14 unspecified atom stereocenters. The summed E-state index contributed by atoms with van der Waals surface area (Å²) in [5.74, 6) is -4.44. The Hall–Kier alpha value is -4.23. The summed E-state index contributed by atoms with van der Waals surface area (Å²) >= 11 is 0. The molecule has 1 aromatic carbocycles. The van der Waals surface area contributed by atoms with Gasteiger partial charge in [0.1, 0.15) is 24.4 Å². The van der Waals surface area contributed by atoms with Gasteiger partial charge < -0.3 is 95.1 Å². The van der Waals surface area contributed by atoms with Crippen molar-refractivity contribution in [1.82, 2.24) is 0 Å². The molecule has 1 N–H and O–H groups in total. The first-order valence-electron chi connectivity index (χ1n) is 37.7. The number of aliphatic hydroxyl groups excluding tert-OH is 1. The van der Waals surface area contributed by atoms with Crippen LogP contribution in [-0.4, -0.2) is 203 Å². The number of carbonyl (C=O) groups is 4. The Morgan fingerprint density at radius 3 is 1.23 bits per heavy atom. The number of hydrogen-bond donors (Lipinski definition) is 1. The fraction of sp³-hybridized carbons (Fsp3) is 0.867. The second kappa shape index (κ2) is 38.5. The van der Waals surface area contributed by atoms with Crippen LogP contribution in [0, 0.1) is 65.1 Å². The lowest BCUT2D eigenvalue weighted by Crippen LogP contribution is -2.66. The zero-order valence-electron chi connectivity index (χ0n) is 63.8. The predicted molar refractivity (Wildman–Crippen MR) is 367 cm³/mol.